The van der Waals surface area contributed by atoms with Crippen molar-refractivity contribution in [2.45, 2.75) is 23.6 Å². The van der Waals surface area contributed by atoms with Gasteiger partial charge in [-0.15, -0.1) is 11.8 Å². The van der Waals surface area contributed by atoms with Crippen molar-refractivity contribution in [1.82, 2.24) is 19.6 Å². The third kappa shape index (κ3) is 4.35. The lowest BCUT2D eigenvalue weighted by atomic mass is 10.1. The average Bonchev–Trinajstić information content (AvgIpc) is 3.46. The summed E-state index contributed by atoms with van der Waals surface area (Å²) in [6, 6.07) is 12.1. The minimum absolute atomic E-state index is 0.0276. The first-order valence-corrected chi connectivity index (χ1v) is 12.1. The molecule has 0 unspecified atom stereocenters. The summed E-state index contributed by atoms with van der Waals surface area (Å²) in [6.45, 7) is 5.54. The molecule has 1 aromatic carbocycles. The number of hydrogen-bond acceptors (Lipinski definition) is 6. The fourth-order valence-corrected chi connectivity index (χ4v) is 5.52. The molecule has 2 aliphatic heterocycles. The number of thioether (sulfide) groups is 1. The number of hydrogen-bond donors (Lipinski definition) is 0. The summed E-state index contributed by atoms with van der Waals surface area (Å²) in [6.07, 6.45) is 2.56. The van der Waals surface area contributed by atoms with Crippen LogP contribution in [0.25, 0.3) is 11.3 Å². The Morgan fingerprint density at radius 3 is 2.84 bits per heavy atom. The quantitative estimate of drug-likeness (QED) is 0.545. The predicted octanol–water partition coefficient (Wildman–Crippen LogP) is 3.65. The van der Waals surface area contributed by atoms with Gasteiger partial charge in [-0.2, -0.15) is 5.10 Å². The summed E-state index contributed by atoms with van der Waals surface area (Å²) in [5, 5.41) is 4.69. The minimum Gasteiger partial charge on any atom is -0.467 e. The van der Waals surface area contributed by atoms with Crippen molar-refractivity contribution in [3.8, 4) is 11.3 Å². The summed E-state index contributed by atoms with van der Waals surface area (Å²) >= 11 is 1.77. The SMILES string of the molecule is Cn1nc(C(=O)N(CCCN2CCOCC2)Cc2ccco2)c2c1-c1ccccc1SC2. The maximum atomic E-state index is 13.7. The Morgan fingerprint density at radius 1 is 1.19 bits per heavy atom. The van der Waals surface area contributed by atoms with Gasteiger partial charge in [-0.1, -0.05) is 18.2 Å². The molecule has 0 saturated carbocycles. The lowest BCUT2D eigenvalue weighted by Gasteiger charge is -2.28. The zero-order valence-electron chi connectivity index (χ0n) is 18.3. The third-order valence-corrected chi connectivity index (χ3v) is 7.18. The van der Waals surface area contributed by atoms with E-state index in [1.54, 1.807) is 18.0 Å². The van der Waals surface area contributed by atoms with Crippen LogP contribution >= 0.6 is 11.8 Å². The molecule has 3 aromatic rings. The molecule has 0 atom stereocenters. The minimum atomic E-state index is -0.0276. The molecule has 1 amide bonds. The number of morpholine rings is 1. The number of benzene rings is 1. The van der Waals surface area contributed by atoms with E-state index < -0.39 is 0 Å². The van der Waals surface area contributed by atoms with Gasteiger partial charge in [0, 0.05) is 55.0 Å². The van der Waals surface area contributed by atoms with Gasteiger partial charge in [0.25, 0.3) is 5.91 Å². The number of carbonyl (C=O) groups is 1. The van der Waals surface area contributed by atoms with Gasteiger partial charge in [0.15, 0.2) is 5.69 Å². The molecular weight excluding hydrogens is 424 g/mol. The molecule has 2 aliphatic rings. The molecule has 32 heavy (non-hydrogen) atoms. The van der Waals surface area contributed by atoms with E-state index in [2.05, 4.69) is 23.1 Å². The van der Waals surface area contributed by atoms with E-state index >= 15 is 0 Å². The molecule has 0 N–H and O–H groups in total. The van der Waals surface area contributed by atoms with E-state index in [9.17, 15) is 4.79 Å². The second-order valence-corrected chi connectivity index (χ2v) is 9.22. The monoisotopic (exact) mass is 452 g/mol. The Balaban J connectivity index is 1.37. The second kappa shape index (κ2) is 9.52. The standard InChI is InChI=1S/C24H28N4O3S/c1-26-23-19-7-2-3-8-21(19)32-17-20(23)22(25-26)24(29)28(16-18-6-4-13-31-18)10-5-9-27-11-14-30-15-12-27/h2-4,6-8,13H,5,9-12,14-17H2,1H3. The van der Waals surface area contributed by atoms with Crippen molar-refractivity contribution in [2.75, 3.05) is 39.4 Å². The van der Waals surface area contributed by atoms with Crippen LogP contribution in [-0.2, 0) is 24.1 Å². The highest BCUT2D eigenvalue weighted by Crippen LogP contribution is 2.42. The van der Waals surface area contributed by atoms with Crippen LogP contribution in [0.15, 0.2) is 52.0 Å². The van der Waals surface area contributed by atoms with Gasteiger partial charge in [0.2, 0.25) is 0 Å². The fraction of sp³-hybridized carbons (Fsp3) is 0.417. The molecule has 8 heteroatoms. The Kier molecular flexibility index (Phi) is 6.34. The highest BCUT2D eigenvalue weighted by molar-refractivity contribution is 7.98. The Morgan fingerprint density at radius 2 is 2.03 bits per heavy atom. The average molecular weight is 453 g/mol. The number of amides is 1. The number of aryl methyl sites for hydroxylation is 1. The van der Waals surface area contributed by atoms with E-state index in [1.807, 2.05) is 34.8 Å². The zero-order chi connectivity index (χ0) is 21.9. The predicted molar refractivity (Wildman–Crippen MR) is 124 cm³/mol. The van der Waals surface area contributed by atoms with Gasteiger partial charge in [-0.25, -0.2) is 0 Å². The van der Waals surface area contributed by atoms with Crippen LogP contribution in [-0.4, -0.2) is 64.9 Å². The van der Waals surface area contributed by atoms with Crippen molar-refractivity contribution in [3.05, 3.63) is 59.7 Å². The molecule has 2 aromatic heterocycles. The van der Waals surface area contributed by atoms with Gasteiger partial charge in [-0.05, 0) is 24.6 Å². The smallest absolute Gasteiger partial charge is 0.275 e. The van der Waals surface area contributed by atoms with Crippen molar-refractivity contribution < 1.29 is 13.9 Å². The summed E-state index contributed by atoms with van der Waals surface area (Å²) in [5.74, 6) is 1.51. The normalized spacial score (nSPS) is 15.9. The van der Waals surface area contributed by atoms with Gasteiger partial charge in [0.05, 0.1) is 31.7 Å². The van der Waals surface area contributed by atoms with Crippen LogP contribution in [0.4, 0.5) is 0 Å². The van der Waals surface area contributed by atoms with Crippen LogP contribution in [0.5, 0.6) is 0 Å². The van der Waals surface area contributed by atoms with Crippen molar-refractivity contribution in [1.29, 1.82) is 0 Å². The Hall–Kier alpha value is -2.55. The molecule has 0 spiro atoms. The molecule has 5 rings (SSSR count). The number of carbonyl (C=O) groups excluding carboxylic acids is 1. The maximum absolute atomic E-state index is 13.7. The maximum Gasteiger partial charge on any atom is 0.275 e. The summed E-state index contributed by atoms with van der Waals surface area (Å²) in [4.78, 5) is 19.2. The molecule has 0 aliphatic carbocycles. The summed E-state index contributed by atoms with van der Waals surface area (Å²) < 4.78 is 12.9. The van der Waals surface area contributed by atoms with E-state index in [0.29, 0.717) is 18.8 Å². The molecule has 7 nitrogen and oxygen atoms in total. The van der Waals surface area contributed by atoms with E-state index in [1.165, 1.54) is 4.90 Å². The lowest BCUT2D eigenvalue weighted by Crippen LogP contribution is -2.39. The second-order valence-electron chi connectivity index (χ2n) is 8.20. The van der Waals surface area contributed by atoms with Crippen molar-refractivity contribution in [2.24, 2.45) is 7.05 Å². The first kappa shape index (κ1) is 21.3. The number of rotatable bonds is 7. The number of fused-ring (bicyclic) bond motifs is 3. The molecular formula is C24H28N4O3S. The number of nitrogens with zero attached hydrogens (tertiary/aromatic N) is 4. The first-order valence-electron chi connectivity index (χ1n) is 11.1. The summed E-state index contributed by atoms with van der Waals surface area (Å²) in [5.41, 5.74) is 3.79. The highest BCUT2D eigenvalue weighted by atomic mass is 32.2. The third-order valence-electron chi connectivity index (χ3n) is 6.08. The van der Waals surface area contributed by atoms with Crippen LogP contribution in [0.3, 0.4) is 0 Å². The molecule has 0 radical (unpaired) electrons. The number of ether oxygens (including phenoxy) is 1. The van der Waals surface area contributed by atoms with Crippen molar-refractivity contribution >= 4 is 17.7 Å². The highest BCUT2D eigenvalue weighted by Gasteiger charge is 2.30. The molecule has 1 saturated heterocycles. The van der Waals surface area contributed by atoms with Crippen molar-refractivity contribution in [3.63, 3.8) is 0 Å². The summed E-state index contributed by atoms with van der Waals surface area (Å²) in [7, 11) is 1.93. The van der Waals surface area contributed by atoms with Gasteiger partial charge in [0.1, 0.15) is 5.76 Å². The Labute approximate surface area is 192 Å². The molecule has 1 fully saturated rings. The van der Waals surface area contributed by atoms with Crippen LogP contribution in [0.2, 0.25) is 0 Å². The van der Waals surface area contributed by atoms with E-state index in [-0.39, 0.29) is 5.91 Å². The van der Waals surface area contributed by atoms with Gasteiger partial charge < -0.3 is 14.1 Å². The Bertz CT molecular complexity index is 1070. The number of furan rings is 1. The molecule has 4 heterocycles. The largest absolute Gasteiger partial charge is 0.467 e. The molecule has 0 bridgehead atoms. The van der Waals surface area contributed by atoms with Gasteiger partial charge >= 0.3 is 0 Å². The van der Waals surface area contributed by atoms with Crippen LogP contribution in [0.1, 0.15) is 28.2 Å². The van der Waals surface area contributed by atoms with Crippen LogP contribution in [0, 0.1) is 0 Å². The zero-order valence-corrected chi connectivity index (χ0v) is 19.1. The molecule has 168 valence electrons. The van der Waals surface area contributed by atoms with E-state index in [0.717, 1.165) is 67.6 Å². The lowest BCUT2D eigenvalue weighted by molar-refractivity contribution is 0.0354. The van der Waals surface area contributed by atoms with Crippen LogP contribution < -0.4 is 0 Å². The topological polar surface area (TPSA) is 63.7 Å². The number of aromatic nitrogens is 2. The van der Waals surface area contributed by atoms with E-state index in [4.69, 9.17) is 14.3 Å². The first-order chi connectivity index (χ1) is 15.7. The fourth-order valence-electron chi connectivity index (χ4n) is 4.45. The van der Waals surface area contributed by atoms with Gasteiger partial charge in [-0.3, -0.25) is 14.4 Å².